The van der Waals surface area contributed by atoms with E-state index in [9.17, 15) is 0 Å². The number of allylic oxidation sites excluding steroid dienone is 2. The predicted molar refractivity (Wildman–Crippen MR) is 70.4 cm³/mol. The van der Waals surface area contributed by atoms with E-state index in [1.165, 1.54) is 19.5 Å². The van der Waals surface area contributed by atoms with Crippen molar-refractivity contribution in [3.8, 4) is 0 Å². The van der Waals surface area contributed by atoms with Crippen molar-refractivity contribution in [3.63, 3.8) is 0 Å². The van der Waals surface area contributed by atoms with Crippen LogP contribution < -0.4 is 0 Å². The van der Waals surface area contributed by atoms with E-state index in [-0.39, 0.29) is 0 Å². The van der Waals surface area contributed by atoms with E-state index in [0.717, 1.165) is 23.7 Å². The van der Waals surface area contributed by atoms with Gasteiger partial charge in [0.15, 0.2) is 0 Å². The molecular weight excluding hydrogens is 194 g/mol. The molecule has 4 unspecified atom stereocenters. The van der Waals surface area contributed by atoms with Gasteiger partial charge in [-0.15, -0.1) is 0 Å². The smallest absolute Gasteiger partial charge is 0.0125 e. The van der Waals surface area contributed by atoms with Gasteiger partial charge in [-0.25, -0.2) is 0 Å². The van der Waals surface area contributed by atoms with Crippen LogP contribution in [-0.4, -0.2) is 23.5 Å². The molecule has 1 heterocycles. The van der Waals surface area contributed by atoms with Crippen LogP contribution in [0.15, 0.2) is 12.2 Å². The molecule has 1 aliphatic carbocycles. The van der Waals surface area contributed by atoms with Gasteiger partial charge in [0.2, 0.25) is 0 Å². The fraction of sp³-hybridized carbons (Fsp3) is 0.867. The Morgan fingerprint density at radius 3 is 2.19 bits per heavy atom. The van der Waals surface area contributed by atoms with Crippen LogP contribution in [0.3, 0.4) is 0 Å². The average Bonchev–Trinajstić information content (AvgIpc) is 2.70. The van der Waals surface area contributed by atoms with Crippen molar-refractivity contribution < 1.29 is 0 Å². The molecule has 0 aromatic carbocycles. The highest BCUT2D eigenvalue weighted by Crippen LogP contribution is 2.39. The predicted octanol–water partition coefficient (Wildman–Crippen LogP) is 3.57. The van der Waals surface area contributed by atoms with Gasteiger partial charge in [0.05, 0.1) is 0 Å². The van der Waals surface area contributed by atoms with Gasteiger partial charge in [-0.1, -0.05) is 26.0 Å². The van der Waals surface area contributed by atoms with E-state index >= 15 is 0 Å². The molecule has 1 saturated heterocycles. The lowest BCUT2D eigenvalue weighted by Crippen LogP contribution is -2.39. The number of nitrogens with zero attached hydrogens (tertiary/aromatic N) is 1. The van der Waals surface area contributed by atoms with Crippen LogP contribution in [-0.2, 0) is 0 Å². The monoisotopic (exact) mass is 221 g/mol. The van der Waals surface area contributed by atoms with Crippen molar-refractivity contribution in [1.82, 2.24) is 4.90 Å². The Hall–Kier alpha value is -0.300. The molecular formula is C15H27N. The lowest BCUT2D eigenvalue weighted by atomic mass is 9.84. The Kier molecular flexibility index (Phi) is 3.18. The molecule has 0 aromatic rings. The first-order valence-electron chi connectivity index (χ1n) is 6.81. The van der Waals surface area contributed by atoms with Crippen LogP contribution in [0.5, 0.6) is 0 Å². The third-order valence-electron chi connectivity index (χ3n) is 4.50. The molecule has 16 heavy (non-hydrogen) atoms. The van der Waals surface area contributed by atoms with Gasteiger partial charge < -0.3 is 0 Å². The van der Waals surface area contributed by atoms with Gasteiger partial charge in [0.1, 0.15) is 0 Å². The molecule has 0 N–H and O–H groups in total. The summed E-state index contributed by atoms with van der Waals surface area (Å²) in [6, 6.07) is 0. The second-order valence-corrected chi connectivity index (χ2v) is 6.98. The molecule has 2 rings (SSSR count). The lowest BCUT2D eigenvalue weighted by molar-refractivity contribution is 0.162. The van der Waals surface area contributed by atoms with Gasteiger partial charge >= 0.3 is 0 Å². The maximum absolute atomic E-state index is 2.67. The Balaban J connectivity index is 2.00. The first kappa shape index (κ1) is 12.2. The largest absolute Gasteiger partial charge is 0.298 e. The number of likely N-dealkylation sites (tertiary alicyclic amines) is 1. The first-order chi connectivity index (χ1) is 7.38. The Labute approximate surface area is 101 Å². The highest BCUT2D eigenvalue weighted by Gasteiger charge is 2.39. The molecule has 2 aliphatic rings. The van der Waals surface area contributed by atoms with E-state index in [0.29, 0.717) is 5.54 Å². The summed E-state index contributed by atoms with van der Waals surface area (Å²) >= 11 is 0. The van der Waals surface area contributed by atoms with Crippen molar-refractivity contribution in [2.75, 3.05) is 13.1 Å². The summed E-state index contributed by atoms with van der Waals surface area (Å²) in [5.74, 6) is 3.40. The van der Waals surface area contributed by atoms with Crippen LogP contribution in [0.4, 0.5) is 0 Å². The molecule has 0 amide bonds. The number of hydrogen-bond acceptors (Lipinski definition) is 1. The Bertz CT molecular complexity index is 274. The second kappa shape index (κ2) is 4.18. The minimum absolute atomic E-state index is 0.344. The molecule has 1 heteroatoms. The van der Waals surface area contributed by atoms with Crippen molar-refractivity contribution >= 4 is 0 Å². The normalized spacial score (nSPS) is 40.8. The Morgan fingerprint density at radius 2 is 1.75 bits per heavy atom. The zero-order chi connectivity index (χ0) is 11.9. The number of hydrogen-bond donors (Lipinski definition) is 0. The first-order valence-corrected chi connectivity index (χ1v) is 6.81. The fourth-order valence-electron chi connectivity index (χ4n) is 3.33. The average molecular weight is 221 g/mol. The maximum atomic E-state index is 2.67. The summed E-state index contributed by atoms with van der Waals surface area (Å²) in [6.45, 7) is 14.4. The van der Waals surface area contributed by atoms with Crippen LogP contribution in [0, 0.1) is 23.7 Å². The minimum Gasteiger partial charge on any atom is -0.298 e. The summed E-state index contributed by atoms with van der Waals surface area (Å²) in [6.07, 6.45) is 6.28. The molecule has 4 atom stereocenters. The highest BCUT2D eigenvalue weighted by molar-refractivity contribution is 5.05. The van der Waals surface area contributed by atoms with E-state index in [1.807, 2.05) is 0 Å². The van der Waals surface area contributed by atoms with Gasteiger partial charge in [0, 0.05) is 18.6 Å². The second-order valence-electron chi connectivity index (χ2n) is 6.98. The van der Waals surface area contributed by atoms with Gasteiger partial charge in [-0.05, 0) is 50.9 Å². The summed E-state index contributed by atoms with van der Waals surface area (Å²) in [7, 11) is 0. The SMILES string of the molecule is CC1C=CC(C2CN(C(C)(C)C)CC2C)C1. The fourth-order valence-corrected chi connectivity index (χ4v) is 3.33. The van der Waals surface area contributed by atoms with Crippen molar-refractivity contribution in [1.29, 1.82) is 0 Å². The zero-order valence-electron chi connectivity index (χ0n) is 11.5. The van der Waals surface area contributed by atoms with E-state index < -0.39 is 0 Å². The summed E-state index contributed by atoms with van der Waals surface area (Å²) in [5.41, 5.74) is 0.344. The zero-order valence-corrected chi connectivity index (χ0v) is 11.5. The highest BCUT2D eigenvalue weighted by atomic mass is 15.2. The Morgan fingerprint density at radius 1 is 1.06 bits per heavy atom. The van der Waals surface area contributed by atoms with Gasteiger partial charge in [-0.3, -0.25) is 4.90 Å². The number of rotatable bonds is 1. The van der Waals surface area contributed by atoms with Crippen LogP contribution in [0.25, 0.3) is 0 Å². The van der Waals surface area contributed by atoms with Crippen molar-refractivity contribution in [2.45, 2.75) is 46.6 Å². The van der Waals surface area contributed by atoms with Crippen molar-refractivity contribution in [3.05, 3.63) is 12.2 Å². The molecule has 1 fully saturated rings. The molecule has 0 spiro atoms. The molecule has 0 aromatic heterocycles. The summed E-state index contributed by atoms with van der Waals surface area (Å²) in [4.78, 5) is 2.67. The lowest BCUT2D eigenvalue weighted by Gasteiger charge is -2.32. The summed E-state index contributed by atoms with van der Waals surface area (Å²) in [5, 5.41) is 0. The third-order valence-corrected chi connectivity index (χ3v) is 4.50. The van der Waals surface area contributed by atoms with E-state index in [1.54, 1.807) is 0 Å². The molecule has 92 valence electrons. The van der Waals surface area contributed by atoms with Crippen LogP contribution in [0.1, 0.15) is 41.0 Å². The standard InChI is InChI=1S/C15H27N/c1-11-6-7-13(8-11)14-10-16(9-12(14)2)15(3,4)5/h6-7,11-14H,8-10H2,1-5H3. The summed E-state index contributed by atoms with van der Waals surface area (Å²) < 4.78 is 0. The maximum Gasteiger partial charge on any atom is 0.0125 e. The molecule has 0 bridgehead atoms. The third kappa shape index (κ3) is 2.34. The molecule has 0 radical (unpaired) electrons. The van der Waals surface area contributed by atoms with Crippen LogP contribution in [0.2, 0.25) is 0 Å². The van der Waals surface area contributed by atoms with Crippen molar-refractivity contribution in [2.24, 2.45) is 23.7 Å². The molecule has 0 saturated carbocycles. The molecule has 1 nitrogen and oxygen atoms in total. The topological polar surface area (TPSA) is 3.24 Å². The van der Waals surface area contributed by atoms with E-state index in [2.05, 4.69) is 51.7 Å². The van der Waals surface area contributed by atoms with Gasteiger partial charge in [-0.2, -0.15) is 0 Å². The van der Waals surface area contributed by atoms with E-state index in [4.69, 9.17) is 0 Å². The minimum atomic E-state index is 0.344. The van der Waals surface area contributed by atoms with Crippen LogP contribution >= 0.6 is 0 Å². The van der Waals surface area contributed by atoms with Gasteiger partial charge in [0.25, 0.3) is 0 Å². The quantitative estimate of drug-likeness (QED) is 0.612. The molecule has 1 aliphatic heterocycles.